The standard InChI is InChI=1S/C15H16F2N4O3/c1-2-14(12-7-10(16)3-4-13(12)17)19-15(22)5-6-20-9-11(8-18-20)21(23)24/h3-4,7-9,14H,2,5-6H2,1H3,(H,19,22)/t14-/m1/s1. The normalized spacial score (nSPS) is 12.0. The number of benzene rings is 1. The summed E-state index contributed by atoms with van der Waals surface area (Å²) in [6.07, 6.45) is 2.71. The maximum absolute atomic E-state index is 13.8. The van der Waals surface area contributed by atoms with Crippen LogP contribution in [0.5, 0.6) is 0 Å². The third kappa shape index (κ3) is 4.34. The third-order valence-electron chi connectivity index (χ3n) is 3.48. The van der Waals surface area contributed by atoms with Crippen LogP contribution >= 0.6 is 0 Å². The smallest absolute Gasteiger partial charge is 0.306 e. The average molecular weight is 338 g/mol. The molecule has 0 radical (unpaired) electrons. The Morgan fingerprint density at radius 1 is 1.46 bits per heavy atom. The zero-order chi connectivity index (χ0) is 17.7. The molecule has 2 rings (SSSR count). The van der Waals surface area contributed by atoms with Gasteiger partial charge in [0.15, 0.2) is 0 Å². The lowest BCUT2D eigenvalue weighted by atomic mass is 10.0. The van der Waals surface area contributed by atoms with Gasteiger partial charge in [0.05, 0.1) is 11.0 Å². The molecule has 1 aromatic carbocycles. The highest BCUT2D eigenvalue weighted by molar-refractivity contribution is 5.76. The van der Waals surface area contributed by atoms with Crippen LogP contribution in [0.3, 0.4) is 0 Å². The molecule has 7 nitrogen and oxygen atoms in total. The molecule has 0 unspecified atom stereocenters. The molecule has 0 bridgehead atoms. The number of nitro groups is 1. The van der Waals surface area contributed by atoms with Crippen LogP contribution < -0.4 is 5.32 Å². The second-order valence-corrected chi connectivity index (χ2v) is 5.16. The second kappa shape index (κ2) is 7.62. The van der Waals surface area contributed by atoms with Crippen molar-refractivity contribution in [1.82, 2.24) is 15.1 Å². The molecule has 128 valence electrons. The molecule has 0 saturated heterocycles. The molecular weight excluding hydrogens is 322 g/mol. The van der Waals surface area contributed by atoms with Crippen LogP contribution in [-0.2, 0) is 11.3 Å². The number of hydrogen-bond donors (Lipinski definition) is 1. The highest BCUT2D eigenvalue weighted by atomic mass is 19.1. The minimum Gasteiger partial charge on any atom is -0.349 e. The highest BCUT2D eigenvalue weighted by Crippen LogP contribution is 2.21. The van der Waals surface area contributed by atoms with Crippen LogP contribution in [-0.4, -0.2) is 20.6 Å². The summed E-state index contributed by atoms with van der Waals surface area (Å²) in [5.41, 5.74) is -0.0794. The Kier molecular flexibility index (Phi) is 5.56. The molecule has 0 saturated carbocycles. The summed E-state index contributed by atoms with van der Waals surface area (Å²) in [6, 6.07) is 2.43. The quantitative estimate of drug-likeness (QED) is 0.621. The lowest BCUT2D eigenvalue weighted by molar-refractivity contribution is -0.385. The van der Waals surface area contributed by atoms with Gasteiger partial charge in [0.2, 0.25) is 5.91 Å². The zero-order valence-corrected chi connectivity index (χ0v) is 12.9. The number of nitrogens with one attached hydrogen (secondary N) is 1. The van der Waals surface area contributed by atoms with Gasteiger partial charge in [0.1, 0.15) is 24.0 Å². The van der Waals surface area contributed by atoms with Crippen molar-refractivity contribution in [3.8, 4) is 0 Å². The van der Waals surface area contributed by atoms with E-state index in [-0.39, 0.29) is 30.1 Å². The van der Waals surface area contributed by atoms with Crippen molar-refractivity contribution in [2.75, 3.05) is 0 Å². The van der Waals surface area contributed by atoms with E-state index in [1.54, 1.807) is 6.92 Å². The van der Waals surface area contributed by atoms with Crippen molar-refractivity contribution in [3.05, 3.63) is 57.9 Å². The minimum absolute atomic E-state index is 0.00622. The van der Waals surface area contributed by atoms with Crippen molar-refractivity contribution in [3.63, 3.8) is 0 Å². The van der Waals surface area contributed by atoms with E-state index in [9.17, 15) is 23.7 Å². The lowest BCUT2D eigenvalue weighted by Gasteiger charge is -2.18. The topological polar surface area (TPSA) is 90.1 Å². The molecule has 1 heterocycles. The molecule has 1 amide bonds. The summed E-state index contributed by atoms with van der Waals surface area (Å²) in [4.78, 5) is 22.0. The number of hydrogen-bond acceptors (Lipinski definition) is 4. The van der Waals surface area contributed by atoms with Gasteiger partial charge in [-0.05, 0) is 24.6 Å². The van der Waals surface area contributed by atoms with Gasteiger partial charge >= 0.3 is 5.69 Å². The first-order chi connectivity index (χ1) is 11.4. The molecule has 1 N–H and O–H groups in total. The van der Waals surface area contributed by atoms with Crippen molar-refractivity contribution in [1.29, 1.82) is 0 Å². The van der Waals surface area contributed by atoms with E-state index >= 15 is 0 Å². The van der Waals surface area contributed by atoms with Crippen LogP contribution in [0.1, 0.15) is 31.4 Å². The average Bonchev–Trinajstić information content (AvgIpc) is 3.02. The number of aromatic nitrogens is 2. The molecule has 1 aromatic heterocycles. The monoisotopic (exact) mass is 338 g/mol. The Morgan fingerprint density at radius 2 is 2.21 bits per heavy atom. The molecule has 0 spiro atoms. The van der Waals surface area contributed by atoms with E-state index in [2.05, 4.69) is 10.4 Å². The number of amides is 1. The van der Waals surface area contributed by atoms with Crippen LogP contribution in [0, 0.1) is 21.7 Å². The Morgan fingerprint density at radius 3 is 2.83 bits per heavy atom. The van der Waals surface area contributed by atoms with Crippen molar-refractivity contribution in [2.24, 2.45) is 0 Å². The van der Waals surface area contributed by atoms with E-state index < -0.39 is 22.6 Å². The van der Waals surface area contributed by atoms with Gasteiger partial charge in [-0.25, -0.2) is 8.78 Å². The number of nitrogens with zero attached hydrogens (tertiary/aromatic N) is 3. The van der Waals surface area contributed by atoms with Crippen LogP contribution in [0.2, 0.25) is 0 Å². The van der Waals surface area contributed by atoms with E-state index in [0.29, 0.717) is 6.42 Å². The van der Waals surface area contributed by atoms with Crippen LogP contribution in [0.25, 0.3) is 0 Å². The summed E-state index contributed by atoms with van der Waals surface area (Å²) in [7, 11) is 0. The summed E-state index contributed by atoms with van der Waals surface area (Å²) in [6.45, 7) is 1.88. The Hall–Kier alpha value is -2.84. The molecule has 0 fully saturated rings. The SMILES string of the molecule is CC[C@@H](NC(=O)CCn1cc([N+](=O)[O-])cn1)c1cc(F)ccc1F. The molecule has 24 heavy (non-hydrogen) atoms. The minimum atomic E-state index is -0.653. The predicted molar refractivity (Wildman–Crippen MR) is 81.0 cm³/mol. The Bertz CT molecular complexity index is 748. The number of halogens is 2. The van der Waals surface area contributed by atoms with Gasteiger partial charge in [0, 0.05) is 18.5 Å². The van der Waals surface area contributed by atoms with Gasteiger partial charge in [-0.15, -0.1) is 0 Å². The van der Waals surface area contributed by atoms with Crippen molar-refractivity contribution < 1.29 is 18.5 Å². The van der Waals surface area contributed by atoms with Crippen LogP contribution in [0.15, 0.2) is 30.6 Å². The number of rotatable bonds is 7. The maximum Gasteiger partial charge on any atom is 0.306 e. The lowest BCUT2D eigenvalue weighted by Crippen LogP contribution is -2.29. The Labute approximate surface area is 136 Å². The van der Waals surface area contributed by atoms with Gasteiger partial charge in [-0.2, -0.15) is 5.10 Å². The Balaban J connectivity index is 1.96. The van der Waals surface area contributed by atoms with E-state index in [4.69, 9.17) is 0 Å². The summed E-state index contributed by atoms with van der Waals surface area (Å²) in [5, 5.41) is 17.0. The highest BCUT2D eigenvalue weighted by Gasteiger charge is 2.17. The first-order valence-corrected chi connectivity index (χ1v) is 7.32. The van der Waals surface area contributed by atoms with Crippen LogP contribution in [0.4, 0.5) is 14.5 Å². The molecule has 0 aliphatic heterocycles. The zero-order valence-electron chi connectivity index (χ0n) is 12.9. The third-order valence-corrected chi connectivity index (χ3v) is 3.48. The fourth-order valence-electron chi connectivity index (χ4n) is 2.23. The fourth-order valence-corrected chi connectivity index (χ4v) is 2.23. The number of carbonyl (C=O) groups excluding carboxylic acids is 1. The van der Waals surface area contributed by atoms with Crippen molar-refractivity contribution >= 4 is 11.6 Å². The first-order valence-electron chi connectivity index (χ1n) is 7.32. The van der Waals surface area contributed by atoms with Gasteiger partial charge in [0.25, 0.3) is 0 Å². The van der Waals surface area contributed by atoms with Gasteiger partial charge in [-0.3, -0.25) is 19.6 Å². The molecular formula is C15H16F2N4O3. The van der Waals surface area contributed by atoms with Gasteiger partial charge in [-0.1, -0.05) is 6.92 Å². The number of aryl methyl sites for hydroxylation is 1. The molecule has 1 atom stereocenters. The largest absolute Gasteiger partial charge is 0.349 e. The van der Waals surface area contributed by atoms with Gasteiger partial charge < -0.3 is 5.32 Å². The second-order valence-electron chi connectivity index (χ2n) is 5.16. The first kappa shape index (κ1) is 17.5. The molecule has 0 aliphatic rings. The summed E-state index contributed by atoms with van der Waals surface area (Å²) < 4.78 is 28.3. The fraction of sp³-hybridized carbons (Fsp3) is 0.333. The van der Waals surface area contributed by atoms with E-state index in [1.165, 1.54) is 10.9 Å². The van der Waals surface area contributed by atoms with Crippen molar-refractivity contribution in [2.45, 2.75) is 32.4 Å². The number of carbonyl (C=O) groups is 1. The maximum atomic E-state index is 13.8. The predicted octanol–water partition coefficient (Wildman–Crippen LogP) is 2.73. The summed E-state index contributed by atoms with van der Waals surface area (Å²) in [5.74, 6) is -1.56. The molecule has 9 heteroatoms. The molecule has 2 aromatic rings. The van der Waals surface area contributed by atoms with E-state index in [0.717, 1.165) is 24.4 Å². The molecule has 0 aliphatic carbocycles. The van der Waals surface area contributed by atoms with E-state index in [1.807, 2.05) is 0 Å². The summed E-state index contributed by atoms with van der Waals surface area (Å²) >= 11 is 0.